The first-order valence-corrected chi connectivity index (χ1v) is 11.5. The van der Waals surface area contributed by atoms with Gasteiger partial charge in [-0.1, -0.05) is 60.7 Å². The third-order valence-corrected chi connectivity index (χ3v) is 6.77. The number of nitrogens with zero attached hydrogens (tertiary/aromatic N) is 4. The molecule has 0 bridgehead atoms. The third kappa shape index (κ3) is 4.51. The predicted molar refractivity (Wildman–Crippen MR) is 121 cm³/mol. The summed E-state index contributed by atoms with van der Waals surface area (Å²) >= 11 is 1.73. The zero-order valence-corrected chi connectivity index (χ0v) is 17.7. The van der Waals surface area contributed by atoms with Crippen LogP contribution in [-0.4, -0.2) is 53.3 Å². The summed E-state index contributed by atoms with van der Waals surface area (Å²) < 4.78 is 6.12. The second-order valence-electron chi connectivity index (χ2n) is 7.83. The molecule has 2 fully saturated rings. The summed E-state index contributed by atoms with van der Waals surface area (Å²) in [7, 11) is 0. The molecule has 3 heterocycles. The quantitative estimate of drug-likeness (QED) is 0.566. The lowest BCUT2D eigenvalue weighted by Crippen LogP contribution is -2.50. The van der Waals surface area contributed by atoms with Crippen molar-refractivity contribution in [3.8, 4) is 0 Å². The van der Waals surface area contributed by atoms with Crippen molar-refractivity contribution in [2.75, 3.05) is 31.1 Å². The number of fused-ring (bicyclic) bond motifs is 1. The van der Waals surface area contributed by atoms with Gasteiger partial charge in [-0.25, -0.2) is 4.98 Å². The van der Waals surface area contributed by atoms with Crippen LogP contribution in [0.1, 0.15) is 11.1 Å². The fourth-order valence-corrected chi connectivity index (χ4v) is 5.05. The maximum absolute atomic E-state index is 6.12. The lowest BCUT2D eigenvalue weighted by atomic mass is 10.1. The van der Waals surface area contributed by atoms with Gasteiger partial charge in [0.1, 0.15) is 10.8 Å². The molecule has 0 radical (unpaired) electrons. The first kappa shape index (κ1) is 19.5. The number of aromatic nitrogens is 2. The van der Waals surface area contributed by atoms with Crippen LogP contribution in [0.5, 0.6) is 0 Å². The molecule has 2 unspecified atom stereocenters. The molecule has 30 heavy (non-hydrogen) atoms. The van der Waals surface area contributed by atoms with Crippen LogP contribution in [-0.2, 0) is 17.0 Å². The summed E-state index contributed by atoms with van der Waals surface area (Å²) in [4.78, 5) is 14.2. The van der Waals surface area contributed by atoms with Crippen molar-refractivity contribution in [1.82, 2.24) is 14.9 Å². The van der Waals surface area contributed by atoms with Gasteiger partial charge in [0.2, 0.25) is 0 Å². The highest BCUT2D eigenvalue weighted by Crippen LogP contribution is 2.29. The van der Waals surface area contributed by atoms with Crippen LogP contribution in [0.3, 0.4) is 0 Å². The van der Waals surface area contributed by atoms with Crippen molar-refractivity contribution in [1.29, 1.82) is 0 Å². The molecule has 2 aromatic carbocycles. The molecule has 2 saturated heterocycles. The van der Waals surface area contributed by atoms with E-state index in [2.05, 4.69) is 69.4 Å². The lowest BCUT2D eigenvalue weighted by Gasteiger charge is -2.36. The lowest BCUT2D eigenvalue weighted by molar-refractivity contribution is -0.0499. The Bertz CT molecular complexity index is 956. The van der Waals surface area contributed by atoms with Crippen LogP contribution in [0, 0.1) is 0 Å². The van der Waals surface area contributed by atoms with Gasteiger partial charge in [0, 0.05) is 31.9 Å². The molecule has 3 aromatic rings. The van der Waals surface area contributed by atoms with E-state index in [9.17, 15) is 0 Å². The van der Waals surface area contributed by atoms with Crippen molar-refractivity contribution >= 4 is 17.6 Å². The number of morpholine rings is 1. The fourth-order valence-electron chi connectivity index (χ4n) is 4.25. The van der Waals surface area contributed by atoms with Crippen molar-refractivity contribution < 1.29 is 4.74 Å². The molecular weight excluding hydrogens is 392 g/mol. The first-order chi connectivity index (χ1) is 14.8. The van der Waals surface area contributed by atoms with Gasteiger partial charge in [-0.15, -0.1) is 11.8 Å². The minimum Gasteiger partial charge on any atom is -0.373 e. The molecule has 5 nitrogen and oxygen atoms in total. The van der Waals surface area contributed by atoms with Gasteiger partial charge in [0.25, 0.3) is 0 Å². The molecule has 1 aromatic heterocycles. The zero-order valence-electron chi connectivity index (χ0n) is 16.9. The van der Waals surface area contributed by atoms with Crippen LogP contribution in [0.2, 0.25) is 0 Å². The number of anilines is 1. The number of benzene rings is 2. The molecule has 154 valence electrons. The fraction of sp³-hybridized carbons (Fsp3) is 0.333. The summed E-state index contributed by atoms with van der Waals surface area (Å²) in [6.07, 6.45) is 3.97. The van der Waals surface area contributed by atoms with E-state index in [4.69, 9.17) is 9.72 Å². The van der Waals surface area contributed by atoms with Gasteiger partial charge < -0.3 is 9.64 Å². The van der Waals surface area contributed by atoms with Crippen molar-refractivity contribution in [2.24, 2.45) is 0 Å². The van der Waals surface area contributed by atoms with Crippen molar-refractivity contribution in [3.63, 3.8) is 0 Å². The Morgan fingerprint density at radius 1 is 0.933 bits per heavy atom. The molecule has 2 aliphatic rings. The van der Waals surface area contributed by atoms with E-state index in [1.807, 2.05) is 18.5 Å². The average molecular weight is 419 g/mol. The van der Waals surface area contributed by atoms with Crippen molar-refractivity contribution in [2.45, 2.75) is 29.5 Å². The minimum atomic E-state index is 0.227. The Morgan fingerprint density at radius 2 is 1.70 bits per heavy atom. The summed E-state index contributed by atoms with van der Waals surface area (Å²) in [6, 6.07) is 21.6. The van der Waals surface area contributed by atoms with E-state index in [0.717, 1.165) is 49.4 Å². The zero-order chi connectivity index (χ0) is 20.2. The molecule has 0 saturated carbocycles. The highest BCUT2D eigenvalue weighted by Gasteiger charge is 2.40. The Balaban J connectivity index is 1.25. The van der Waals surface area contributed by atoms with Gasteiger partial charge in [0.15, 0.2) is 0 Å². The van der Waals surface area contributed by atoms with Crippen LogP contribution < -0.4 is 4.90 Å². The summed E-state index contributed by atoms with van der Waals surface area (Å²) in [6.45, 7) is 4.54. The minimum absolute atomic E-state index is 0.227. The molecule has 0 amide bonds. The van der Waals surface area contributed by atoms with E-state index in [1.54, 1.807) is 11.8 Å². The molecule has 0 aliphatic carbocycles. The average Bonchev–Trinajstić information content (AvgIpc) is 3.25. The normalized spacial score (nSPS) is 21.5. The Morgan fingerprint density at radius 3 is 2.50 bits per heavy atom. The van der Waals surface area contributed by atoms with E-state index >= 15 is 0 Å². The number of rotatable bonds is 6. The molecule has 0 spiro atoms. The van der Waals surface area contributed by atoms with Crippen LogP contribution in [0.4, 0.5) is 5.82 Å². The second-order valence-corrected chi connectivity index (χ2v) is 8.82. The number of thioether (sulfide) groups is 1. The highest BCUT2D eigenvalue weighted by molar-refractivity contribution is 7.98. The highest BCUT2D eigenvalue weighted by atomic mass is 32.2. The van der Waals surface area contributed by atoms with E-state index in [0.29, 0.717) is 6.04 Å². The first-order valence-electron chi connectivity index (χ1n) is 10.5. The molecule has 0 N–H and O–H groups in total. The number of hydrogen-bond donors (Lipinski definition) is 0. The number of ether oxygens (including phenoxy) is 1. The summed E-state index contributed by atoms with van der Waals surface area (Å²) in [5.41, 5.74) is 2.66. The van der Waals surface area contributed by atoms with E-state index in [-0.39, 0.29) is 6.10 Å². The Labute approximate surface area is 182 Å². The monoisotopic (exact) mass is 418 g/mol. The maximum atomic E-state index is 6.12. The van der Waals surface area contributed by atoms with E-state index < -0.39 is 0 Å². The van der Waals surface area contributed by atoms with Gasteiger partial charge in [0.05, 0.1) is 31.1 Å². The van der Waals surface area contributed by atoms with Gasteiger partial charge in [-0.05, 0) is 11.1 Å². The third-order valence-electron chi connectivity index (χ3n) is 5.80. The largest absolute Gasteiger partial charge is 0.373 e. The maximum Gasteiger partial charge on any atom is 0.148 e. The van der Waals surface area contributed by atoms with Gasteiger partial charge in [-0.2, -0.15) is 0 Å². The SMILES string of the molecule is c1ccc(CSc2cncc(N3CC4OCCN(Cc5ccccc5)C4C3)n2)cc1. The molecule has 6 heteroatoms. The molecular formula is C24H26N4OS. The summed E-state index contributed by atoms with van der Waals surface area (Å²) in [5, 5.41) is 0.966. The van der Waals surface area contributed by atoms with Crippen molar-refractivity contribution in [3.05, 3.63) is 84.2 Å². The molecule has 2 atom stereocenters. The second kappa shape index (κ2) is 9.16. The summed E-state index contributed by atoms with van der Waals surface area (Å²) in [5.74, 6) is 1.85. The van der Waals surface area contributed by atoms with Gasteiger partial charge in [-0.3, -0.25) is 9.88 Å². The molecule has 2 aliphatic heterocycles. The van der Waals surface area contributed by atoms with Crippen LogP contribution in [0.15, 0.2) is 78.1 Å². The smallest absolute Gasteiger partial charge is 0.148 e. The topological polar surface area (TPSA) is 41.5 Å². The number of hydrogen-bond acceptors (Lipinski definition) is 6. The Hall–Kier alpha value is -2.41. The molecule has 5 rings (SSSR count). The standard InChI is InChI=1S/C24H26N4OS/c1-3-7-19(8-4-1)15-27-11-12-29-22-17-28(16-21(22)27)23-13-25-14-24(26-23)30-18-20-9-5-2-6-10-20/h1-10,13-14,21-22H,11-12,15-18H2. The Kier molecular flexibility index (Phi) is 5.97. The predicted octanol–water partition coefficient (Wildman–Crippen LogP) is 3.86. The van der Waals surface area contributed by atoms with Gasteiger partial charge >= 0.3 is 0 Å². The van der Waals surface area contributed by atoms with Crippen LogP contribution >= 0.6 is 11.8 Å². The van der Waals surface area contributed by atoms with E-state index in [1.165, 1.54) is 11.1 Å². The van der Waals surface area contributed by atoms with Crippen LogP contribution in [0.25, 0.3) is 0 Å².